The molecule has 0 amide bonds. The van der Waals surface area contributed by atoms with Gasteiger partial charge in [0.15, 0.2) is 0 Å². The van der Waals surface area contributed by atoms with Gasteiger partial charge in [-0.1, -0.05) is 0 Å². The molecular weight excluding hydrogens is 287 g/mol. The SMILES string of the molecule is [As]SCCC(c1ccccc1)c1ccccc1. The molecule has 0 heterocycles. The van der Waals surface area contributed by atoms with Gasteiger partial charge in [0.2, 0.25) is 0 Å². The summed E-state index contributed by atoms with van der Waals surface area (Å²) < 4.78 is 0. The van der Waals surface area contributed by atoms with Crippen LogP contribution >= 0.6 is 10.0 Å². The predicted molar refractivity (Wildman–Crippen MR) is 77.6 cm³/mol. The first-order valence-corrected chi connectivity index (χ1v) is 9.02. The van der Waals surface area contributed by atoms with Gasteiger partial charge in [0.05, 0.1) is 0 Å². The molecule has 0 N–H and O–H groups in total. The molecular formula is C15H15AsS. The fourth-order valence-corrected chi connectivity index (χ4v) is 3.07. The van der Waals surface area contributed by atoms with Crippen molar-refractivity contribution in [1.29, 1.82) is 0 Å². The number of hydrogen-bond donors (Lipinski definition) is 0. The fourth-order valence-electron chi connectivity index (χ4n) is 2.07. The maximum absolute atomic E-state index is 2.60. The summed E-state index contributed by atoms with van der Waals surface area (Å²) in [6.07, 6.45) is 1.19. The van der Waals surface area contributed by atoms with E-state index in [1.807, 2.05) is 10.0 Å². The Kier molecular flexibility index (Phi) is 5.22. The Morgan fingerprint density at radius 3 is 1.71 bits per heavy atom. The molecule has 0 fully saturated rings. The van der Waals surface area contributed by atoms with Gasteiger partial charge in [-0.05, 0) is 0 Å². The van der Waals surface area contributed by atoms with Gasteiger partial charge in [-0.25, -0.2) is 0 Å². The molecule has 0 nitrogen and oxygen atoms in total. The molecule has 0 saturated carbocycles. The van der Waals surface area contributed by atoms with E-state index in [1.54, 1.807) is 0 Å². The van der Waals surface area contributed by atoms with Gasteiger partial charge in [0, 0.05) is 0 Å². The van der Waals surface area contributed by atoms with E-state index in [1.165, 1.54) is 23.3 Å². The molecule has 0 aliphatic rings. The van der Waals surface area contributed by atoms with Gasteiger partial charge < -0.3 is 0 Å². The Bertz CT molecular complexity index is 388. The van der Waals surface area contributed by atoms with Crippen molar-refractivity contribution in [3.63, 3.8) is 0 Å². The molecule has 0 aliphatic heterocycles. The number of benzene rings is 2. The van der Waals surface area contributed by atoms with Crippen LogP contribution in [0, 0.1) is 0 Å². The molecule has 0 aromatic heterocycles. The summed E-state index contributed by atoms with van der Waals surface area (Å²) >= 11 is 2.60. The summed E-state index contributed by atoms with van der Waals surface area (Å²) in [6.45, 7) is 0. The van der Waals surface area contributed by atoms with Gasteiger partial charge in [0.25, 0.3) is 0 Å². The third kappa shape index (κ3) is 3.66. The first-order valence-electron chi connectivity index (χ1n) is 5.78. The van der Waals surface area contributed by atoms with Crippen molar-refractivity contribution in [2.75, 3.05) is 5.75 Å². The zero-order valence-electron chi connectivity index (χ0n) is 9.62. The van der Waals surface area contributed by atoms with Crippen LogP contribution in [0.1, 0.15) is 23.5 Å². The van der Waals surface area contributed by atoms with Gasteiger partial charge in [-0.2, -0.15) is 0 Å². The molecule has 0 aliphatic carbocycles. The van der Waals surface area contributed by atoms with E-state index in [9.17, 15) is 0 Å². The zero-order chi connectivity index (χ0) is 11.9. The van der Waals surface area contributed by atoms with E-state index in [0.29, 0.717) is 5.92 Å². The van der Waals surface area contributed by atoms with Crippen molar-refractivity contribution in [2.24, 2.45) is 0 Å². The van der Waals surface area contributed by atoms with E-state index in [4.69, 9.17) is 0 Å². The van der Waals surface area contributed by atoms with Crippen molar-refractivity contribution in [3.8, 4) is 0 Å². The monoisotopic (exact) mass is 302 g/mol. The molecule has 2 heteroatoms. The molecule has 0 unspecified atom stereocenters. The zero-order valence-corrected chi connectivity index (χ0v) is 12.3. The van der Waals surface area contributed by atoms with Crippen molar-refractivity contribution in [2.45, 2.75) is 12.3 Å². The molecule has 2 rings (SSSR count). The molecule has 17 heavy (non-hydrogen) atoms. The molecule has 2 radical (unpaired) electrons. The summed E-state index contributed by atoms with van der Waals surface area (Å²) in [5, 5.41) is 0. The fraction of sp³-hybridized carbons (Fsp3) is 0.200. The summed E-state index contributed by atoms with van der Waals surface area (Å²) in [5.41, 5.74) is 2.83. The predicted octanol–water partition coefficient (Wildman–Crippen LogP) is 4.03. The quantitative estimate of drug-likeness (QED) is 0.752. The van der Waals surface area contributed by atoms with Gasteiger partial charge in [0.1, 0.15) is 0 Å². The van der Waals surface area contributed by atoms with Gasteiger partial charge in [-0.15, -0.1) is 0 Å². The average Bonchev–Trinajstić information content (AvgIpc) is 2.42. The van der Waals surface area contributed by atoms with Crippen LogP contribution in [-0.4, -0.2) is 21.4 Å². The van der Waals surface area contributed by atoms with Crippen LogP contribution in [0.2, 0.25) is 0 Å². The first kappa shape index (κ1) is 12.8. The van der Waals surface area contributed by atoms with Crippen molar-refractivity contribution in [1.82, 2.24) is 0 Å². The van der Waals surface area contributed by atoms with Crippen LogP contribution in [-0.2, 0) is 0 Å². The second kappa shape index (κ2) is 6.93. The third-order valence-electron chi connectivity index (χ3n) is 2.90. The van der Waals surface area contributed by atoms with Gasteiger partial charge >= 0.3 is 116 Å². The Morgan fingerprint density at radius 2 is 1.29 bits per heavy atom. The van der Waals surface area contributed by atoms with Crippen molar-refractivity contribution >= 4 is 25.7 Å². The summed E-state index contributed by atoms with van der Waals surface area (Å²) in [6, 6.07) is 21.6. The molecule has 2 aromatic rings. The maximum atomic E-state index is 2.60. The first-order chi connectivity index (χ1) is 8.42. The van der Waals surface area contributed by atoms with Crippen LogP contribution in [0.5, 0.6) is 0 Å². The Morgan fingerprint density at radius 1 is 0.824 bits per heavy atom. The molecule has 0 spiro atoms. The van der Waals surface area contributed by atoms with Crippen LogP contribution in [0.4, 0.5) is 0 Å². The standard InChI is InChI=1S/C15H15AsS/c16-17-12-11-15(13-7-3-1-4-8-13)14-9-5-2-6-10-14/h1-10,15H,11-12H2. The summed E-state index contributed by atoms with van der Waals surface area (Å²) in [4.78, 5) is 0. The topological polar surface area (TPSA) is 0 Å². The Hall–Kier alpha value is -0.652. The molecule has 0 saturated heterocycles. The molecule has 2 aromatic carbocycles. The summed E-state index contributed by atoms with van der Waals surface area (Å²) in [7, 11) is 1.86. The van der Waals surface area contributed by atoms with E-state index >= 15 is 0 Å². The second-order valence-electron chi connectivity index (χ2n) is 4.00. The molecule has 0 bridgehead atoms. The van der Waals surface area contributed by atoms with Gasteiger partial charge in [-0.3, -0.25) is 0 Å². The van der Waals surface area contributed by atoms with Crippen LogP contribution in [0.25, 0.3) is 0 Å². The third-order valence-corrected chi connectivity index (χ3v) is 4.47. The Labute approximate surface area is 115 Å². The molecule has 86 valence electrons. The van der Waals surface area contributed by atoms with Crippen molar-refractivity contribution < 1.29 is 0 Å². The summed E-state index contributed by atoms with van der Waals surface area (Å²) in [5.74, 6) is 1.70. The number of rotatable bonds is 5. The van der Waals surface area contributed by atoms with E-state index in [2.05, 4.69) is 76.4 Å². The minimum absolute atomic E-state index is 0.522. The average molecular weight is 302 g/mol. The normalized spacial score (nSPS) is 10.7. The molecule has 0 atom stereocenters. The van der Waals surface area contributed by atoms with E-state index in [-0.39, 0.29) is 0 Å². The Balaban J connectivity index is 2.26. The van der Waals surface area contributed by atoms with Crippen LogP contribution in [0.15, 0.2) is 60.7 Å². The minimum atomic E-state index is 0.522. The second-order valence-corrected chi connectivity index (χ2v) is 6.29. The van der Waals surface area contributed by atoms with Crippen molar-refractivity contribution in [3.05, 3.63) is 71.8 Å². The van der Waals surface area contributed by atoms with Crippen LogP contribution in [0.3, 0.4) is 0 Å². The van der Waals surface area contributed by atoms with Crippen LogP contribution < -0.4 is 0 Å². The number of hydrogen-bond acceptors (Lipinski definition) is 1. The van der Waals surface area contributed by atoms with E-state index in [0.717, 1.165) is 0 Å². The van der Waals surface area contributed by atoms with E-state index < -0.39 is 0 Å².